The molecule has 7 amide bonds. The van der Waals surface area contributed by atoms with Crippen LogP contribution in [0, 0.1) is 23.7 Å². The Morgan fingerprint density at radius 1 is 0.845 bits per heavy atom. The summed E-state index contributed by atoms with van der Waals surface area (Å²) in [6.07, 6.45) is 4.64. The summed E-state index contributed by atoms with van der Waals surface area (Å²) >= 11 is 0. The van der Waals surface area contributed by atoms with E-state index >= 15 is 0 Å². The number of nitrogens with zero attached hydrogens (tertiary/aromatic N) is 2. The maximum atomic E-state index is 14.4. The van der Waals surface area contributed by atoms with Gasteiger partial charge in [0.1, 0.15) is 35.9 Å². The summed E-state index contributed by atoms with van der Waals surface area (Å²) in [5.74, 6) is -12.6. The van der Waals surface area contributed by atoms with Crippen molar-refractivity contribution in [2.75, 3.05) is 20.7 Å². The Morgan fingerprint density at radius 2 is 1.45 bits per heavy atom. The molecule has 10 atom stereocenters. The zero-order chi connectivity index (χ0) is 53.7. The Morgan fingerprint density at radius 3 is 2.03 bits per heavy atom. The maximum Gasteiger partial charge on any atom is 0.327 e. The van der Waals surface area contributed by atoms with Crippen LogP contribution < -0.4 is 43.4 Å². The van der Waals surface area contributed by atoms with E-state index in [2.05, 4.69) is 43.5 Å². The monoisotopic (exact) mass is 995 g/mol. The molecule has 1 aromatic carbocycles. The molecule has 1 heterocycles. The fraction of sp³-hybridized carbons (Fsp3) is 0.551. The van der Waals surface area contributed by atoms with Crippen LogP contribution in [0.2, 0.25) is 0 Å². The first-order valence-electron chi connectivity index (χ1n) is 23.5. The Bertz CT molecular complexity index is 2160. The second-order valence-corrected chi connectivity index (χ2v) is 18.3. The van der Waals surface area contributed by atoms with E-state index in [1.54, 1.807) is 34.0 Å². The molecule has 0 aromatic heterocycles. The van der Waals surface area contributed by atoms with Gasteiger partial charge in [-0.15, -0.1) is 0 Å². The van der Waals surface area contributed by atoms with E-state index in [0.29, 0.717) is 12.0 Å². The van der Waals surface area contributed by atoms with Crippen LogP contribution in [-0.4, -0.2) is 137 Å². The zero-order valence-electron chi connectivity index (χ0n) is 42.2. The molecule has 0 spiro atoms. The number of aliphatic carboxylic acids is 2. The van der Waals surface area contributed by atoms with Gasteiger partial charge >= 0.3 is 11.9 Å². The fourth-order valence-electron chi connectivity index (χ4n) is 7.46. The lowest BCUT2D eigenvalue weighted by Gasteiger charge is -2.28. The normalized spacial score (nSPS) is 25.3. The quantitative estimate of drug-likeness (QED) is 0.0379. The molecule has 1 aliphatic heterocycles. The number of benzene rings is 1. The van der Waals surface area contributed by atoms with Gasteiger partial charge in [0.05, 0.1) is 24.0 Å². The average Bonchev–Trinajstić information content (AvgIpc) is 3.31. The molecule has 0 radical (unpaired) electrons. The van der Waals surface area contributed by atoms with Crippen LogP contribution in [0.25, 0.3) is 0 Å². The highest BCUT2D eigenvalue weighted by Crippen LogP contribution is 2.19. The van der Waals surface area contributed by atoms with E-state index in [-0.39, 0.29) is 49.7 Å². The number of hydrogen-bond donors (Lipinski definition) is 10. The molecule has 0 bridgehead atoms. The second-order valence-electron chi connectivity index (χ2n) is 18.3. The van der Waals surface area contributed by atoms with Crippen molar-refractivity contribution in [1.29, 1.82) is 0 Å². The lowest BCUT2D eigenvalue weighted by atomic mass is 9.94. The van der Waals surface area contributed by atoms with Gasteiger partial charge in [-0.3, -0.25) is 38.6 Å². The topological polar surface area (TPSA) is 343 Å². The standard InChI is InChI=1S/C49H74N10O12/c1-26(2)23-37-46(66)58-40(48(69)70)30(6)42(62)55-35(17-14-22-52-49(50)51)45(65)54-34(19-18-27(3)24-28(4)38(71-10)25-33-15-12-11-13-16-33)29(5)41(61)56-36(47(67)68)20-21-39(60)59(9)32(8)44(64)53-31(7)43(63)57-37/h11-13,15-16,18-19,24,26,28-31,34-38,40H,8,14,17,20-23,25H2,1-7,9-10H3,(H,53,64)(H,54,65)(H,55,62)(H,56,61)(H,57,63)(H,58,66)(H,67,68)(H,69,70)(H4,50,51,52)/t28-,29-,30-,31+,34?,35-,36+,37-,38-,40+/m0/s1. The Balaban J connectivity index is 2.73. The van der Waals surface area contributed by atoms with E-state index in [9.17, 15) is 53.4 Å². The van der Waals surface area contributed by atoms with Crippen LogP contribution in [0.4, 0.5) is 0 Å². The number of likely N-dealkylation sites (N-methyl/N-ethyl adjacent to an activating group) is 1. The molecule has 22 nitrogen and oxygen atoms in total. The number of methoxy groups -OCH3 is 1. The third kappa shape index (κ3) is 20.0. The van der Waals surface area contributed by atoms with Gasteiger partial charge in [-0.1, -0.05) is 95.3 Å². The van der Waals surface area contributed by atoms with E-state index in [0.717, 1.165) is 10.5 Å². The fourth-order valence-corrected chi connectivity index (χ4v) is 7.46. The van der Waals surface area contributed by atoms with Gasteiger partial charge in [-0.2, -0.15) is 0 Å². The molecule has 1 unspecified atom stereocenters. The van der Waals surface area contributed by atoms with Gasteiger partial charge in [-0.05, 0) is 57.4 Å². The Hall–Kier alpha value is -7.10. The molecule has 1 fully saturated rings. The zero-order valence-corrected chi connectivity index (χ0v) is 42.2. The average molecular weight is 995 g/mol. The number of hydrogen-bond acceptors (Lipinski definition) is 11. The van der Waals surface area contributed by atoms with E-state index in [1.165, 1.54) is 33.9 Å². The number of carboxylic acid groups (broad SMARTS) is 2. The number of carbonyl (C=O) groups is 9. The molecule has 0 aliphatic carbocycles. The summed E-state index contributed by atoms with van der Waals surface area (Å²) < 4.78 is 5.81. The van der Waals surface area contributed by atoms with Gasteiger partial charge in [-0.25, -0.2) is 9.59 Å². The number of aliphatic imine (C=N–C) groups is 1. The van der Waals surface area contributed by atoms with Crippen molar-refractivity contribution >= 4 is 59.2 Å². The molecule has 71 heavy (non-hydrogen) atoms. The predicted molar refractivity (Wildman–Crippen MR) is 264 cm³/mol. The predicted octanol–water partition coefficient (Wildman–Crippen LogP) is 0.618. The van der Waals surface area contributed by atoms with Crippen LogP contribution in [0.3, 0.4) is 0 Å². The highest BCUT2D eigenvalue weighted by atomic mass is 16.5. The Labute approximate surface area is 415 Å². The summed E-state index contributed by atoms with van der Waals surface area (Å²) in [5, 5.41) is 35.5. The summed E-state index contributed by atoms with van der Waals surface area (Å²) in [4.78, 5) is 126. The largest absolute Gasteiger partial charge is 0.480 e. The molecule has 392 valence electrons. The summed E-state index contributed by atoms with van der Waals surface area (Å²) in [6.45, 7) is 14.9. The minimum atomic E-state index is -1.88. The number of allylic oxidation sites excluding steroid dienone is 2. The number of rotatable bonds is 15. The molecule has 2 rings (SSSR count). The molecule has 22 heteroatoms. The molecule has 0 saturated carbocycles. The molecular weight excluding hydrogens is 921 g/mol. The van der Waals surface area contributed by atoms with Crippen LogP contribution in [0.5, 0.6) is 0 Å². The molecule has 12 N–H and O–H groups in total. The Kier molecular flexibility index (Phi) is 24.7. The van der Waals surface area contributed by atoms with Crippen molar-refractivity contribution in [2.45, 2.75) is 129 Å². The number of nitrogens with one attached hydrogen (secondary N) is 6. The minimum absolute atomic E-state index is 0.00610. The van der Waals surface area contributed by atoms with Crippen molar-refractivity contribution in [3.63, 3.8) is 0 Å². The van der Waals surface area contributed by atoms with Crippen LogP contribution in [-0.2, 0) is 54.3 Å². The summed E-state index contributed by atoms with van der Waals surface area (Å²) in [6, 6.07) is 0.998. The number of ether oxygens (including phenoxy) is 1. The van der Waals surface area contributed by atoms with E-state index in [1.807, 2.05) is 43.3 Å². The summed E-state index contributed by atoms with van der Waals surface area (Å²) in [5.41, 5.74) is 12.4. The van der Waals surface area contributed by atoms with Gasteiger partial charge < -0.3 is 63.2 Å². The molecule has 1 aromatic rings. The van der Waals surface area contributed by atoms with E-state index in [4.69, 9.17) is 16.2 Å². The minimum Gasteiger partial charge on any atom is -0.480 e. The smallest absolute Gasteiger partial charge is 0.327 e. The van der Waals surface area contributed by atoms with Crippen molar-refractivity contribution < 1.29 is 58.1 Å². The van der Waals surface area contributed by atoms with Crippen molar-refractivity contribution in [3.05, 3.63) is 72.0 Å². The first-order chi connectivity index (χ1) is 33.3. The highest BCUT2D eigenvalue weighted by Gasteiger charge is 2.37. The second kappa shape index (κ2) is 29.2. The molecular formula is C49H74N10O12. The van der Waals surface area contributed by atoms with Crippen LogP contribution in [0.1, 0.15) is 86.1 Å². The van der Waals surface area contributed by atoms with Gasteiger partial charge in [0.2, 0.25) is 35.4 Å². The lowest BCUT2D eigenvalue weighted by Crippen LogP contribution is -2.59. The molecule has 1 aliphatic rings. The third-order valence-corrected chi connectivity index (χ3v) is 12.0. The van der Waals surface area contributed by atoms with Crippen molar-refractivity contribution in [2.24, 2.45) is 40.1 Å². The number of carboxylic acids is 2. The third-order valence-electron chi connectivity index (χ3n) is 12.0. The van der Waals surface area contributed by atoms with Crippen molar-refractivity contribution in [1.82, 2.24) is 36.8 Å². The first-order valence-corrected chi connectivity index (χ1v) is 23.5. The number of amides is 7. The van der Waals surface area contributed by atoms with Crippen LogP contribution in [0.15, 0.2) is 71.4 Å². The number of guanidine groups is 1. The van der Waals surface area contributed by atoms with Crippen molar-refractivity contribution in [3.8, 4) is 0 Å². The summed E-state index contributed by atoms with van der Waals surface area (Å²) in [7, 11) is 2.82. The van der Waals surface area contributed by atoms with Gasteiger partial charge in [0.15, 0.2) is 5.96 Å². The first kappa shape index (κ1) is 60.0. The lowest BCUT2D eigenvalue weighted by molar-refractivity contribution is -0.146. The van der Waals surface area contributed by atoms with E-state index < -0.39 is 120 Å². The number of carbonyl (C=O) groups excluding carboxylic acids is 7. The van der Waals surface area contributed by atoms with Gasteiger partial charge in [0, 0.05) is 33.0 Å². The SMILES string of the molecule is C=C1C(=O)N[C@H](C)C(=O)N[C@@H](CC(C)C)C(=O)N[C@@H](C(=O)O)[C@H](C)C(=O)N[C@@H](CCCN=C(N)N)C(=O)NC(C=CC(C)=C[C@H](C)[C@H](Cc2ccccc2)OC)[C@H](C)C(=O)N[C@@H](C(=O)O)CCC(=O)N1C. The maximum absolute atomic E-state index is 14.4. The number of nitrogens with two attached hydrogens (primary N) is 2. The van der Waals surface area contributed by atoms with Crippen LogP contribution >= 0.6 is 0 Å². The molecule has 1 saturated heterocycles. The highest BCUT2D eigenvalue weighted by molar-refractivity contribution is 6.00. The van der Waals surface area contributed by atoms with Gasteiger partial charge in [0.25, 0.3) is 5.91 Å².